The van der Waals surface area contributed by atoms with Gasteiger partial charge in [0.25, 0.3) is 5.91 Å². The second-order valence-corrected chi connectivity index (χ2v) is 5.55. The lowest BCUT2D eigenvalue weighted by molar-refractivity contribution is -0.132. The van der Waals surface area contributed by atoms with Crippen LogP contribution in [0.4, 0.5) is 0 Å². The summed E-state index contributed by atoms with van der Waals surface area (Å²) in [5, 5.41) is 5.20. The number of carbonyl (C=O) groups excluding carboxylic acids is 1. The van der Waals surface area contributed by atoms with Crippen molar-refractivity contribution in [2.45, 2.75) is 12.8 Å². The molecule has 0 aliphatic carbocycles. The summed E-state index contributed by atoms with van der Waals surface area (Å²) in [6, 6.07) is 0. The zero-order valence-corrected chi connectivity index (χ0v) is 11.6. The van der Waals surface area contributed by atoms with Crippen LogP contribution in [0.5, 0.6) is 0 Å². The van der Waals surface area contributed by atoms with Gasteiger partial charge in [0.2, 0.25) is 0 Å². The molecule has 1 aliphatic rings. The van der Waals surface area contributed by atoms with Crippen LogP contribution >= 0.6 is 11.3 Å². The molecule has 1 aromatic heterocycles. The molecule has 1 aliphatic heterocycles. The third kappa shape index (κ3) is 2.71. The lowest BCUT2D eigenvalue weighted by atomic mass is 9.79. The summed E-state index contributed by atoms with van der Waals surface area (Å²) in [6.07, 6.45) is 3.48. The molecule has 2 heterocycles. The molecule has 0 radical (unpaired) electrons. The molecule has 0 aromatic carbocycles. The van der Waals surface area contributed by atoms with E-state index in [1.54, 1.807) is 7.11 Å². The van der Waals surface area contributed by atoms with Crippen molar-refractivity contribution < 1.29 is 9.53 Å². The molecule has 0 bridgehead atoms. The van der Waals surface area contributed by atoms with Crippen molar-refractivity contribution >= 4 is 17.2 Å². The van der Waals surface area contributed by atoms with Crippen LogP contribution in [0.1, 0.15) is 12.8 Å². The van der Waals surface area contributed by atoms with Crippen molar-refractivity contribution in [2.24, 2.45) is 17.5 Å². The van der Waals surface area contributed by atoms with E-state index in [9.17, 15) is 4.79 Å². The van der Waals surface area contributed by atoms with E-state index in [0.29, 0.717) is 6.61 Å². The van der Waals surface area contributed by atoms with E-state index in [2.05, 4.69) is 10.3 Å². The molecule has 1 aromatic rings. The quantitative estimate of drug-likeness (QED) is 0.871. The van der Waals surface area contributed by atoms with Crippen LogP contribution in [0.15, 0.2) is 16.6 Å². The van der Waals surface area contributed by atoms with Gasteiger partial charge >= 0.3 is 0 Å². The topological polar surface area (TPSA) is 55.6 Å². The minimum absolute atomic E-state index is 0.0519. The van der Waals surface area contributed by atoms with Crippen molar-refractivity contribution in [3.8, 4) is 0 Å². The minimum atomic E-state index is -0.447. The van der Waals surface area contributed by atoms with Gasteiger partial charge in [-0.3, -0.25) is 4.79 Å². The molecule has 18 heavy (non-hydrogen) atoms. The van der Waals surface area contributed by atoms with Gasteiger partial charge in [-0.05, 0) is 25.9 Å². The van der Waals surface area contributed by atoms with E-state index in [1.807, 2.05) is 23.2 Å². The Bertz CT molecular complexity index is 466. The number of amides is 1. The fraction of sp³-hybridized carbons (Fsp3) is 0.667. The van der Waals surface area contributed by atoms with Crippen molar-refractivity contribution in [1.29, 1.82) is 0 Å². The molecule has 0 spiro atoms. The summed E-state index contributed by atoms with van der Waals surface area (Å²) >= 11 is 1.48. The minimum Gasteiger partial charge on any atom is -0.384 e. The van der Waals surface area contributed by atoms with Crippen molar-refractivity contribution in [2.75, 3.05) is 26.8 Å². The predicted molar refractivity (Wildman–Crippen MR) is 70.3 cm³/mol. The zero-order valence-electron chi connectivity index (χ0n) is 10.8. The summed E-state index contributed by atoms with van der Waals surface area (Å²) in [6.45, 7) is 2.15. The van der Waals surface area contributed by atoms with E-state index in [4.69, 9.17) is 4.74 Å². The summed E-state index contributed by atoms with van der Waals surface area (Å²) in [7, 11) is 3.54. The van der Waals surface area contributed by atoms with Crippen LogP contribution in [0.2, 0.25) is 0 Å². The highest BCUT2D eigenvalue weighted by molar-refractivity contribution is 7.07. The first-order valence-corrected chi connectivity index (χ1v) is 6.95. The summed E-state index contributed by atoms with van der Waals surface area (Å²) in [5.74, 6) is -0.0519. The van der Waals surface area contributed by atoms with E-state index in [1.165, 1.54) is 11.3 Å². The third-order valence-electron chi connectivity index (χ3n) is 3.39. The van der Waals surface area contributed by atoms with E-state index < -0.39 is 5.41 Å². The smallest absolute Gasteiger partial charge is 0.256 e. The summed E-state index contributed by atoms with van der Waals surface area (Å²) in [4.78, 5) is 17.5. The molecule has 0 saturated carbocycles. The van der Waals surface area contributed by atoms with Gasteiger partial charge in [-0.15, -0.1) is 11.3 Å². The fourth-order valence-electron chi connectivity index (χ4n) is 2.24. The van der Waals surface area contributed by atoms with Crippen LogP contribution in [-0.2, 0) is 16.6 Å². The Morgan fingerprint density at radius 1 is 1.61 bits per heavy atom. The van der Waals surface area contributed by atoms with Gasteiger partial charge in [0.15, 0.2) is 4.80 Å². The van der Waals surface area contributed by atoms with Gasteiger partial charge in [0.05, 0.1) is 12.0 Å². The van der Waals surface area contributed by atoms with Crippen molar-refractivity contribution in [3.05, 3.63) is 16.4 Å². The Morgan fingerprint density at radius 2 is 2.33 bits per heavy atom. The molecule has 1 fully saturated rings. The molecule has 1 saturated heterocycles. The normalized spacial score (nSPS) is 20.0. The molecule has 100 valence electrons. The maximum atomic E-state index is 12.4. The SMILES string of the molecule is COCC1(C(=O)N=c2sccn2C)CCNCC1. The Labute approximate surface area is 111 Å². The molecule has 0 atom stereocenters. The van der Waals surface area contributed by atoms with Gasteiger partial charge < -0.3 is 14.6 Å². The first-order valence-electron chi connectivity index (χ1n) is 6.07. The molecule has 1 N–H and O–H groups in total. The van der Waals surface area contributed by atoms with Crippen LogP contribution in [-0.4, -0.2) is 37.3 Å². The Balaban J connectivity index is 2.26. The van der Waals surface area contributed by atoms with Gasteiger partial charge in [0, 0.05) is 25.7 Å². The number of hydrogen-bond acceptors (Lipinski definition) is 4. The van der Waals surface area contributed by atoms with Crippen LogP contribution < -0.4 is 10.1 Å². The second-order valence-electron chi connectivity index (χ2n) is 4.68. The summed E-state index contributed by atoms with van der Waals surface area (Å²) < 4.78 is 7.11. The molecule has 6 heteroatoms. The number of aromatic nitrogens is 1. The van der Waals surface area contributed by atoms with E-state index >= 15 is 0 Å². The molecule has 5 nitrogen and oxygen atoms in total. The lowest BCUT2D eigenvalue weighted by Crippen LogP contribution is -2.45. The van der Waals surface area contributed by atoms with E-state index in [-0.39, 0.29) is 5.91 Å². The Morgan fingerprint density at radius 3 is 2.89 bits per heavy atom. The van der Waals surface area contributed by atoms with E-state index in [0.717, 1.165) is 30.7 Å². The Hall–Kier alpha value is -0.980. The highest BCUT2D eigenvalue weighted by Crippen LogP contribution is 2.30. The number of thiazole rings is 1. The highest BCUT2D eigenvalue weighted by atomic mass is 32.1. The maximum absolute atomic E-state index is 12.4. The molecule has 1 amide bonds. The largest absolute Gasteiger partial charge is 0.384 e. The standard InChI is InChI=1S/C12H19N3O2S/c1-15-7-8-18-11(15)14-10(16)12(9-17-2)3-5-13-6-4-12/h7-8,13H,3-6,9H2,1-2H3. The van der Waals surface area contributed by atoms with Gasteiger partial charge in [-0.1, -0.05) is 0 Å². The molecule has 2 rings (SSSR count). The third-order valence-corrected chi connectivity index (χ3v) is 4.24. The average molecular weight is 269 g/mol. The fourth-order valence-corrected chi connectivity index (χ4v) is 2.97. The number of hydrogen-bond donors (Lipinski definition) is 1. The predicted octanol–water partition coefficient (Wildman–Crippen LogP) is 0.530. The Kier molecular flexibility index (Phi) is 4.31. The molecular weight excluding hydrogens is 250 g/mol. The number of piperidine rings is 1. The van der Waals surface area contributed by atoms with Gasteiger partial charge in [-0.2, -0.15) is 4.99 Å². The monoisotopic (exact) mass is 269 g/mol. The lowest BCUT2D eigenvalue weighted by Gasteiger charge is -2.33. The maximum Gasteiger partial charge on any atom is 0.256 e. The number of methoxy groups -OCH3 is 1. The molecule has 0 unspecified atom stereocenters. The highest BCUT2D eigenvalue weighted by Gasteiger charge is 2.39. The van der Waals surface area contributed by atoms with Crippen LogP contribution in [0.25, 0.3) is 0 Å². The van der Waals surface area contributed by atoms with Crippen LogP contribution in [0.3, 0.4) is 0 Å². The van der Waals surface area contributed by atoms with Gasteiger partial charge in [-0.25, -0.2) is 0 Å². The summed E-state index contributed by atoms with van der Waals surface area (Å²) in [5.41, 5.74) is -0.447. The molecular formula is C12H19N3O2S. The number of nitrogens with zero attached hydrogens (tertiary/aromatic N) is 2. The number of carbonyl (C=O) groups is 1. The number of nitrogens with one attached hydrogen (secondary N) is 1. The first kappa shape index (κ1) is 13.5. The zero-order chi connectivity index (χ0) is 13.0. The van der Waals surface area contributed by atoms with Crippen LogP contribution in [0, 0.1) is 5.41 Å². The average Bonchev–Trinajstić information content (AvgIpc) is 2.76. The first-order chi connectivity index (χ1) is 8.68. The second kappa shape index (κ2) is 5.77. The number of rotatable bonds is 3. The van der Waals surface area contributed by atoms with Crippen molar-refractivity contribution in [3.63, 3.8) is 0 Å². The van der Waals surface area contributed by atoms with Crippen molar-refractivity contribution in [1.82, 2.24) is 9.88 Å². The number of aryl methyl sites for hydroxylation is 1. The van der Waals surface area contributed by atoms with Gasteiger partial charge in [0.1, 0.15) is 0 Å². The number of ether oxygens (including phenoxy) is 1.